The standard InChI is InChI=1S/C19H24O6.C15H12F6O6.C15H14F4O6.C14H13F3O6.C12H14O4/c1-3-12(20)23-15-11-9-10-13(17(21)24-16(10)15)14(11)18(22)25-19(4-2)7-5-6-8-19;1-2-6(22)25-9-4-3-5-7(11(23)26-10(5)9)8(4)12(24)27-13(14(16,17)18)15(19,20)21;1-2-7(20)24-10-5-3-6-9(13(22)25-11(6)10)8(5)12(21)23-4-15(18,19)14(16)17;1-2-7(18)22-10-5-3-6-9(13(20)23-11(6)10)8(5)12(19)21-4-14(15,16)17;1-2-10(13)15-5-8-6-3-7-9(4-6)16-12(14)11(7)8/h3,10-11,13-16H,1,4-9H2,2H3;2,4-5,7-10,13H,1,3H2;2,5-6,8-11,14H,1,3-4H2;2,5-6,8-11H,1,3-4H2;2,6-9,11H,1,3-5H2. The fourth-order valence-corrected chi connectivity index (χ4v) is 21.1. The summed E-state index contributed by atoms with van der Waals surface area (Å²) >= 11 is 0. The van der Waals surface area contributed by atoms with Gasteiger partial charge in [0.15, 0.2) is 13.2 Å². The van der Waals surface area contributed by atoms with E-state index in [0.29, 0.717) is 37.7 Å². The molecule has 0 N–H and O–H groups in total. The number of hydrogen-bond donors (Lipinski definition) is 0. The van der Waals surface area contributed by atoms with E-state index in [1.165, 1.54) is 0 Å². The second-order valence-electron chi connectivity index (χ2n) is 31.3. The van der Waals surface area contributed by atoms with Gasteiger partial charge >= 0.3 is 114 Å². The number of carbonyl (C=O) groups is 14. The van der Waals surface area contributed by atoms with Crippen molar-refractivity contribution in [2.75, 3.05) is 19.8 Å². The lowest BCUT2D eigenvalue weighted by molar-refractivity contribution is -0.315. The lowest BCUT2D eigenvalue weighted by atomic mass is 9.78. The highest BCUT2D eigenvalue weighted by molar-refractivity contribution is 5.91. The molecule has 116 heavy (non-hydrogen) atoms. The molecule has 16 rings (SSSR count). The monoisotopic (exact) mass is 1670 g/mol. The summed E-state index contributed by atoms with van der Waals surface area (Å²) in [4.78, 5) is 166. The van der Waals surface area contributed by atoms with Gasteiger partial charge < -0.3 is 66.3 Å². The van der Waals surface area contributed by atoms with Crippen LogP contribution >= 0.6 is 0 Å². The molecule has 5 saturated heterocycles. The molecular formula is C75H77F13O28. The third-order valence-electron chi connectivity index (χ3n) is 25.6. The molecule has 636 valence electrons. The molecule has 11 aliphatic carbocycles. The van der Waals surface area contributed by atoms with Gasteiger partial charge in [-0.15, -0.1) is 0 Å². The van der Waals surface area contributed by atoms with Gasteiger partial charge in [-0.05, 0) is 76.5 Å². The average molecular weight is 1670 g/mol. The summed E-state index contributed by atoms with van der Waals surface area (Å²) in [6, 6.07) is 0. The largest absolute Gasteiger partial charge is 0.462 e. The molecule has 0 radical (unpaired) electrons. The van der Waals surface area contributed by atoms with Crippen molar-refractivity contribution in [3.8, 4) is 0 Å². The van der Waals surface area contributed by atoms with Crippen molar-refractivity contribution in [3.63, 3.8) is 0 Å². The van der Waals surface area contributed by atoms with Gasteiger partial charge in [0.1, 0.15) is 60.5 Å². The Bertz CT molecular complexity index is 4000. The first-order valence-corrected chi connectivity index (χ1v) is 37.2. The summed E-state index contributed by atoms with van der Waals surface area (Å²) in [6.45, 7) is 15.3. The zero-order chi connectivity index (χ0) is 84.8. The highest BCUT2D eigenvalue weighted by Gasteiger charge is 2.75. The molecule has 16 aliphatic rings. The van der Waals surface area contributed by atoms with Crippen LogP contribution in [0.15, 0.2) is 63.3 Å². The fourth-order valence-electron chi connectivity index (χ4n) is 21.1. The number of fused-ring (bicyclic) bond motifs is 5. The molecule has 5 heterocycles. The second kappa shape index (κ2) is 32.3. The van der Waals surface area contributed by atoms with E-state index in [-0.39, 0.29) is 60.0 Å². The molecule has 0 amide bonds. The van der Waals surface area contributed by atoms with Crippen LogP contribution in [0.3, 0.4) is 0 Å². The van der Waals surface area contributed by atoms with Crippen molar-refractivity contribution in [2.24, 2.45) is 118 Å². The van der Waals surface area contributed by atoms with Crippen LogP contribution in [0.5, 0.6) is 0 Å². The molecule has 0 aromatic rings. The Labute approximate surface area is 648 Å². The van der Waals surface area contributed by atoms with Crippen molar-refractivity contribution in [3.05, 3.63) is 63.3 Å². The molecule has 0 aromatic carbocycles. The maximum Gasteiger partial charge on any atom is 0.434 e. The van der Waals surface area contributed by atoms with Crippen LogP contribution in [0.25, 0.3) is 0 Å². The van der Waals surface area contributed by atoms with E-state index in [1.54, 1.807) is 0 Å². The summed E-state index contributed by atoms with van der Waals surface area (Å²) in [7, 11) is 0. The van der Waals surface area contributed by atoms with Crippen molar-refractivity contribution in [1.82, 2.24) is 0 Å². The van der Waals surface area contributed by atoms with Gasteiger partial charge in [0.05, 0.1) is 59.9 Å². The van der Waals surface area contributed by atoms with Gasteiger partial charge in [0.2, 0.25) is 0 Å². The Morgan fingerprint density at radius 2 is 0.776 bits per heavy atom. The first-order chi connectivity index (χ1) is 54.4. The fraction of sp³-hybridized carbons (Fsp3) is 0.680. The van der Waals surface area contributed by atoms with Crippen LogP contribution < -0.4 is 0 Å². The molecule has 11 saturated carbocycles. The third-order valence-corrected chi connectivity index (χ3v) is 25.6. The normalized spacial score (nSPS) is 37.7. The maximum atomic E-state index is 13.0. The lowest BCUT2D eigenvalue weighted by Crippen LogP contribution is -2.49. The molecule has 16 fully saturated rings. The Balaban J connectivity index is 0.000000135. The number of esters is 14. The number of ether oxygens (including phenoxy) is 14. The number of rotatable bonds is 22. The molecule has 0 spiro atoms. The number of alkyl halides is 13. The first kappa shape index (κ1) is 85.7. The van der Waals surface area contributed by atoms with Crippen LogP contribution in [0.4, 0.5) is 57.1 Å². The number of hydrogen-bond acceptors (Lipinski definition) is 28. The second-order valence-corrected chi connectivity index (χ2v) is 31.3. The number of carbonyl (C=O) groups excluding carboxylic acids is 14. The topological polar surface area (TPSA) is 368 Å². The van der Waals surface area contributed by atoms with Crippen molar-refractivity contribution < 1.29 is 191 Å². The van der Waals surface area contributed by atoms with E-state index in [1.807, 2.05) is 6.92 Å². The van der Waals surface area contributed by atoms with E-state index in [4.69, 9.17) is 52.1 Å². The minimum absolute atomic E-state index is 0.0265. The van der Waals surface area contributed by atoms with Crippen LogP contribution in [0.2, 0.25) is 0 Å². The van der Waals surface area contributed by atoms with Crippen LogP contribution in [0, 0.1) is 118 Å². The van der Waals surface area contributed by atoms with Gasteiger partial charge in [0.25, 0.3) is 6.10 Å². The van der Waals surface area contributed by atoms with E-state index in [9.17, 15) is 124 Å². The Morgan fingerprint density at radius 3 is 1.11 bits per heavy atom. The van der Waals surface area contributed by atoms with E-state index < -0.39 is 247 Å². The minimum Gasteiger partial charge on any atom is -0.462 e. The molecule has 0 aromatic heterocycles. The van der Waals surface area contributed by atoms with Gasteiger partial charge in [-0.2, -0.15) is 48.3 Å². The predicted octanol–water partition coefficient (Wildman–Crippen LogP) is 7.33. The minimum atomic E-state index is -5.88. The van der Waals surface area contributed by atoms with Gasteiger partial charge in [-0.3, -0.25) is 43.2 Å². The molecule has 28 nitrogen and oxygen atoms in total. The Morgan fingerprint density at radius 1 is 0.431 bits per heavy atom. The Kier molecular flexibility index (Phi) is 23.9. The molecule has 10 bridgehead atoms. The van der Waals surface area contributed by atoms with Crippen LogP contribution in [0.1, 0.15) is 77.6 Å². The van der Waals surface area contributed by atoms with Gasteiger partial charge in [0, 0.05) is 89.6 Å². The zero-order valence-corrected chi connectivity index (χ0v) is 61.1. The highest BCUT2D eigenvalue weighted by atomic mass is 19.4. The van der Waals surface area contributed by atoms with E-state index >= 15 is 0 Å². The van der Waals surface area contributed by atoms with E-state index in [0.717, 1.165) is 75.3 Å². The smallest absolute Gasteiger partial charge is 0.434 e. The molecule has 41 heteroatoms. The lowest BCUT2D eigenvalue weighted by Gasteiger charge is -2.34. The molecule has 29 atom stereocenters. The third kappa shape index (κ3) is 16.0. The highest BCUT2D eigenvalue weighted by Crippen LogP contribution is 2.64. The number of halogens is 13. The molecule has 29 unspecified atom stereocenters. The Hall–Kier alpha value is -9.63. The van der Waals surface area contributed by atoms with E-state index in [2.05, 4.69) is 47.1 Å². The molecule has 5 aliphatic heterocycles. The van der Waals surface area contributed by atoms with Crippen molar-refractivity contribution in [2.45, 2.75) is 175 Å². The average Bonchev–Trinajstić information content (AvgIpc) is 1.55. The SMILES string of the molecule is C=CC(=O)OC1C2CC3C1OC(=O)C3C2C(=O)OC(C(F)(F)F)C(F)(F)F.C=CC(=O)OC1C2CC3C1OC(=O)C3C2C(=O)OC1(CC)CCCC1.C=CC(=O)OC1C2CC3C1OC(=O)C3C2C(=O)OCC(F)(F)C(F)F.C=CC(=O)OC1C2CC3C1OC(=O)C3C2C(=O)OCC(F)(F)F.C=CC(=O)OCC1C2CC3OC(=O)C1C3C2. The van der Waals surface area contributed by atoms with Crippen LogP contribution in [-0.4, -0.2) is 201 Å². The van der Waals surface area contributed by atoms with Crippen LogP contribution in [-0.2, 0) is 133 Å². The predicted molar refractivity (Wildman–Crippen MR) is 347 cm³/mol. The summed E-state index contributed by atoms with van der Waals surface area (Å²) in [6.07, 6.45) is -17.9. The van der Waals surface area contributed by atoms with Crippen molar-refractivity contribution >= 4 is 83.6 Å². The summed E-state index contributed by atoms with van der Waals surface area (Å²) in [5.41, 5.74) is -0.395. The summed E-state index contributed by atoms with van der Waals surface area (Å²) in [5, 5.41) is 0. The quantitative estimate of drug-likeness (QED) is 0.0443. The first-order valence-electron chi connectivity index (χ1n) is 37.2. The molecular weight excluding hydrogens is 1600 g/mol. The van der Waals surface area contributed by atoms with Gasteiger partial charge in [-0.25, -0.2) is 32.8 Å². The summed E-state index contributed by atoms with van der Waals surface area (Å²) < 4.78 is 233. The van der Waals surface area contributed by atoms with Crippen molar-refractivity contribution in [1.29, 1.82) is 0 Å². The zero-order valence-electron chi connectivity index (χ0n) is 61.1. The maximum absolute atomic E-state index is 13.0. The van der Waals surface area contributed by atoms with Gasteiger partial charge in [-0.1, -0.05) is 39.8 Å². The summed E-state index contributed by atoms with van der Waals surface area (Å²) in [5.74, 6) is -25.9.